The van der Waals surface area contributed by atoms with E-state index in [-0.39, 0.29) is 17.9 Å². The number of amides is 1. The van der Waals surface area contributed by atoms with E-state index in [1.807, 2.05) is 19.1 Å². The molecule has 0 unspecified atom stereocenters. The SMILES string of the molecule is COc1ccc([C@@H](C[NH2+][C@@H](C)C(=O)NC2CCCCC2)c2c[nH]c3ccccc23)cc1. The fraction of sp³-hybridized carbons (Fsp3) is 0.423. The van der Waals surface area contributed by atoms with Crippen molar-refractivity contribution < 1.29 is 14.8 Å². The number of carbonyl (C=O) groups is 1. The molecule has 1 fully saturated rings. The maximum absolute atomic E-state index is 12.8. The summed E-state index contributed by atoms with van der Waals surface area (Å²) in [5, 5.41) is 6.68. The fourth-order valence-corrected chi connectivity index (χ4v) is 4.69. The summed E-state index contributed by atoms with van der Waals surface area (Å²) in [6.45, 7) is 2.81. The fourth-order valence-electron chi connectivity index (χ4n) is 4.69. The van der Waals surface area contributed by atoms with Gasteiger partial charge in [-0.2, -0.15) is 0 Å². The molecule has 4 rings (SSSR count). The Labute approximate surface area is 184 Å². The van der Waals surface area contributed by atoms with E-state index >= 15 is 0 Å². The van der Waals surface area contributed by atoms with E-state index < -0.39 is 0 Å². The third-order valence-electron chi connectivity index (χ3n) is 6.61. The van der Waals surface area contributed by atoms with Crippen molar-refractivity contribution in [2.45, 2.75) is 57.0 Å². The maximum atomic E-state index is 12.8. The van der Waals surface area contributed by atoms with Crippen LogP contribution in [0.25, 0.3) is 10.9 Å². The Balaban J connectivity index is 1.51. The van der Waals surface area contributed by atoms with Gasteiger partial charge in [0.15, 0.2) is 6.04 Å². The van der Waals surface area contributed by atoms with Gasteiger partial charge >= 0.3 is 0 Å². The molecule has 164 valence electrons. The normalized spacial score (nSPS) is 16.7. The molecule has 1 aliphatic rings. The van der Waals surface area contributed by atoms with Gasteiger partial charge < -0.3 is 20.4 Å². The number of quaternary nitrogens is 1. The second-order valence-corrected chi connectivity index (χ2v) is 8.72. The first kappa shape index (κ1) is 21.4. The molecule has 0 saturated heterocycles. The number of aromatic amines is 1. The van der Waals surface area contributed by atoms with Crippen molar-refractivity contribution in [1.29, 1.82) is 0 Å². The predicted molar refractivity (Wildman–Crippen MR) is 124 cm³/mol. The van der Waals surface area contributed by atoms with Crippen LogP contribution >= 0.6 is 0 Å². The number of nitrogens with one attached hydrogen (secondary N) is 2. The topological polar surface area (TPSA) is 70.7 Å². The van der Waals surface area contributed by atoms with Gasteiger partial charge in [0, 0.05) is 23.1 Å². The maximum Gasteiger partial charge on any atom is 0.278 e. The van der Waals surface area contributed by atoms with Gasteiger partial charge in [-0.25, -0.2) is 0 Å². The van der Waals surface area contributed by atoms with Gasteiger partial charge in [-0.1, -0.05) is 49.6 Å². The van der Waals surface area contributed by atoms with Crippen molar-refractivity contribution in [2.75, 3.05) is 13.7 Å². The number of carbonyl (C=O) groups excluding carboxylic acids is 1. The number of rotatable bonds is 8. The van der Waals surface area contributed by atoms with Crippen LogP contribution < -0.4 is 15.4 Å². The van der Waals surface area contributed by atoms with E-state index in [9.17, 15) is 4.79 Å². The van der Waals surface area contributed by atoms with Gasteiger partial charge in [-0.05, 0) is 49.1 Å². The molecule has 2 aromatic carbocycles. The molecule has 0 bridgehead atoms. The average Bonchev–Trinajstić information content (AvgIpc) is 3.24. The standard InChI is InChI=1S/C26H33N3O2/c1-18(26(30)29-20-8-4-3-5-9-20)27-16-23(19-12-14-21(31-2)15-13-19)24-17-28-25-11-7-6-10-22(24)25/h6-7,10-15,17-18,20,23,27-28H,3-5,8-9,16H2,1-2H3,(H,29,30)/p+1/t18-,23+/m0/s1. The number of hydrogen-bond acceptors (Lipinski definition) is 2. The Bertz CT molecular complexity index is 989. The van der Waals surface area contributed by atoms with Crippen molar-refractivity contribution in [3.05, 3.63) is 65.9 Å². The largest absolute Gasteiger partial charge is 0.497 e. The summed E-state index contributed by atoms with van der Waals surface area (Å²) in [5.41, 5.74) is 3.62. The van der Waals surface area contributed by atoms with Gasteiger partial charge in [0.2, 0.25) is 0 Å². The smallest absolute Gasteiger partial charge is 0.278 e. The number of nitrogens with two attached hydrogens (primary N) is 1. The number of para-hydroxylation sites is 1. The highest BCUT2D eigenvalue weighted by Gasteiger charge is 2.25. The van der Waals surface area contributed by atoms with Crippen LogP contribution in [0, 0.1) is 0 Å². The van der Waals surface area contributed by atoms with Crippen molar-refractivity contribution in [3.8, 4) is 5.75 Å². The molecule has 3 aromatic rings. The summed E-state index contributed by atoms with van der Waals surface area (Å²) in [6, 6.07) is 16.9. The van der Waals surface area contributed by atoms with Crippen molar-refractivity contribution in [3.63, 3.8) is 0 Å². The van der Waals surface area contributed by atoms with Gasteiger partial charge in [-0.15, -0.1) is 0 Å². The summed E-state index contributed by atoms with van der Waals surface area (Å²) in [4.78, 5) is 16.2. The summed E-state index contributed by atoms with van der Waals surface area (Å²) in [5.74, 6) is 1.18. The molecule has 1 saturated carbocycles. The van der Waals surface area contributed by atoms with Crippen LogP contribution in [0.5, 0.6) is 5.75 Å². The highest BCUT2D eigenvalue weighted by atomic mass is 16.5. The highest BCUT2D eigenvalue weighted by molar-refractivity contribution is 5.84. The number of methoxy groups -OCH3 is 1. The molecule has 1 aromatic heterocycles. The Morgan fingerprint density at radius 1 is 1.13 bits per heavy atom. The minimum atomic E-state index is -0.118. The lowest BCUT2D eigenvalue weighted by Crippen LogP contribution is -2.92. The zero-order valence-electron chi connectivity index (χ0n) is 18.6. The van der Waals surface area contributed by atoms with Crippen LogP contribution in [-0.4, -0.2) is 36.6 Å². The first-order valence-corrected chi connectivity index (χ1v) is 11.5. The van der Waals surface area contributed by atoms with E-state index in [1.54, 1.807) is 7.11 Å². The van der Waals surface area contributed by atoms with E-state index in [4.69, 9.17) is 4.74 Å². The second kappa shape index (κ2) is 10.0. The molecule has 0 radical (unpaired) electrons. The number of benzene rings is 2. The second-order valence-electron chi connectivity index (χ2n) is 8.72. The number of hydrogen-bond donors (Lipinski definition) is 3. The minimum absolute atomic E-state index is 0.118. The van der Waals surface area contributed by atoms with E-state index in [0.717, 1.165) is 30.7 Å². The summed E-state index contributed by atoms with van der Waals surface area (Å²) < 4.78 is 5.34. The summed E-state index contributed by atoms with van der Waals surface area (Å²) in [6.07, 6.45) is 8.08. The molecule has 2 atom stereocenters. The van der Waals surface area contributed by atoms with E-state index in [1.165, 1.54) is 35.8 Å². The third kappa shape index (κ3) is 5.10. The Morgan fingerprint density at radius 2 is 1.87 bits per heavy atom. The molecule has 1 heterocycles. The van der Waals surface area contributed by atoms with Gasteiger partial charge in [0.25, 0.3) is 5.91 Å². The molecule has 1 amide bonds. The number of ether oxygens (including phenoxy) is 1. The molecule has 31 heavy (non-hydrogen) atoms. The Morgan fingerprint density at radius 3 is 2.61 bits per heavy atom. The van der Waals surface area contributed by atoms with E-state index in [2.05, 4.69) is 58.2 Å². The summed E-state index contributed by atoms with van der Waals surface area (Å²) in [7, 11) is 1.69. The highest BCUT2D eigenvalue weighted by Crippen LogP contribution is 2.30. The monoisotopic (exact) mass is 420 g/mol. The average molecular weight is 421 g/mol. The number of H-pyrrole nitrogens is 1. The lowest BCUT2D eigenvalue weighted by molar-refractivity contribution is -0.674. The van der Waals surface area contributed by atoms with Crippen molar-refractivity contribution >= 4 is 16.8 Å². The van der Waals surface area contributed by atoms with Gasteiger partial charge in [0.1, 0.15) is 5.75 Å². The van der Waals surface area contributed by atoms with Gasteiger partial charge in [0.05, 0.1) is 19.6 Å². The lowest BCUT2D eigenvalue weighted by atomic mass is 9.90. The van der Waals surface area contributed by atoms with Crippen LogP contribution in [0.4, 0.5) is 0 Å². The van der Waals surface area contributed by atoms with Gasteiger partial charge in [-0.3, -0.25) is 4.79 Å². The lowest BCUT2D eigenvalue weighted by Gasteiger charge is -2.24. The van der Waals surface area contributed by atoms with Crippen LogP contribution in [0.2, 0.25) is 0 Å². The molecular formula is C26H34N3O2+. The first-order valence-electron chi connectivity index (χ1n) is 11.5. The van der Waals surface area contributed by atoms with Crippen LogP contribution in [0.3, 0.4) is 0 Å². The molecule has 0 spiro atoms. The van der Waals surface area contributed by atoms with Crippen LogP contribution in [0.15, 0.2) is 54.7 Å². The Kier molecular flexibility index (Phi) is 6.92. The number of aromatic nitrogens is 1. The van der Waals surface area contributed by atoms with Crippen LogP contribution in [0.1, 0.15) is 56.1 Å². The first-order chi connectivity index (χ1) is 15.2. The Hall–Kier alpha value is -2.79. The van der Waals surface area contributed by atoms with E-state index in [0.29, 0.717) is 6.04 Å². The molecule has 5 nitrogen and oxygen atoms in total. The molecule has 1 aliphatic carbocycles. The minimum Gasteiger partial charge on any atom is -0.497 e. The third-order valence-corrected chi connectivity index (χ3v) is 6.61. The molecule has 4 N–H and O–H groups in total. The van der Waals surface area contributed by atoms with Crippen LogP contribution in [-0.2, 0) is 4.79 Å². The zero-order chi connectivity index (χ0) is 21.6. The molecule has 0 aliphatic heterocycles. The summed E-state index contributed by atoms with van der Waals surface area (Å²) >= 11 is 0. The zero-order valence-corrected chi connectivity index (χ0v) is 18.6. The van der Waals surface area contributed by atoms with Crippen molar-refractivity contribution in [2.24, 2.45) is 0 Å². The predicted octanol–water partition coefficient (Wildman–Crippen LogP) is 3.71. The number of fused-ring (bicyclic) bond motifs is 1. The quantitative estimate of drug-likeness (QED) is 0.520. The molecule has 5 heteroatoms. The van der Waals surface area contributed by atoms with Crippen molar-refractivity contribution in [1.82, 2.24) is 10.3 Å². The molecular weight excluding hydrogens is 386 g/mol.